The highest BCUT2D eigenvalue weighted by molar-refractivity contribution is 6.08. The predicted molar refractivity (Wildman–Crippen MR) is 139 cm³/mol. The summed E-state index contributed by atoms with van der Waals surface area (Å²) < 4.78 is 5.13. The molecule has 2 aliphatic heterocycles. The van der Waals surface area contributed by atoms with Gasteiger partial charge in [0.2, 0.25) is 5.91 Å². The van der Waals surface area contributed by atoms with E-state index in [4.69, 9.17) is 4.74 Å². The lowest BCUT2D eigenvalue weighted by Crippen LogP contribution is -2.43. The monoisotopic (exact) mass is 507 g/mol. The summed E-state index contributed by atoms with van der Waals surface area (Å²) in [6.07, 6.45) is 5.11. The Balaban J connectivity index is 1.51. The molecule has 3 amide bonds. The molecule has 0 spiro atoms. The fourth-order valence-corrected chi connectivity index (χ4v) is 5.06. The molecular formula is C28H33N3O6. The lowest BCUT2D eigenvalue weighted by atomic mass is 9.82. The van der Waals surface area contributed by atoms with Crippen molar-refractivity contribution in [2.45, 2.75) is 37.8 Å². The van der Waals surface area contributed by atoms with Crippen LogP contribution in [0, 0.1) is 5.92 Å². The molecule has 3 atom stereocenters. The van der Waals surface area contributed by atoms with Crippen LogP contribution in [0.25, 0.3) is 0 Å². The Hall–Kier alpha value is -3.69. The van der Waals surface area contributed by atoms with Gasteiger partial charge in [0, 0.05) is 42.7 Å². The average molecular weight is 508 g/mol. The quantitative estimate of drug-likeness (QED) is 0.473. The number of hydrogen-bond acceptors (Lipinski definition) is 6. The molecule has 2 heterocycles. The number of methoxy groups -OCH3 is 1. The normalized spacial score (nSPS) is 21.9. The Morgan fingerprint density at radius 2 is 1.97 bits per heavy atom. The number of ether oxygens (including phenoxy) is 1. The van der Waals surface area contributed by atoms with Crippen molar-refractivity contribution >= 4 is 29.1 Å². The number of hydrogen-bond donors (Lipinski definition) is 3. The van der Waals surface area contributed by atoms with E-state index in [0.29, 0.717) is 34.8 Å². The van der Waals surface area contributed by atoms with Crippen molar-refractivity contribution in [3.8, 4) is 5.75 Å². The number of likely N-dealkylation sites (tertiary alicyclic amines) is 1. The average Bonchev–Trinajstić information content (AvgIpc) is 3.47. The van der Waals surface area contributed by atoms with E-state index in [9.17, 15) is 24.6 Å². The molecule has 0 unspecified atom stereocenters. The second-order valence-corrected chi connectivity index (χ2v) is 9.53. The van der Waals surface area contributed by atoms with E-state index in [-0.39, 0.29) is 30.9 Å². The van der Waals surface area contributed by atoms with Gasteiger partial charge in [-0.15, -0.1) is 0 Å². The van der Waals surface area contributed by atoms with E-state index in [1.807, 2.05) is 0 Å². The largest absolute Gasteiger partial charge is 0.497 e. The Kier molecular flexibility index (Phi) is 7.65. The summed E-state index contributed by atoms with van der Waals surface area (Å²) in [6, 6.07) is 11.5. The van der Waals surface area contributed by atoms with E-state index in [2.05, 4.69) is 5.32 Å². The third-order valence-electron chi connectivity index (χ3n) is 7.29. The second kappa shape index (κ2) is 10.7. The summed E-state index contributed by atoms with van der Waals surface area (Å²) >= 11 is 0. The number of carbonyl (C=O) groups excluding carboxylic acids is 3. The van der Waals surface area contributed by atoms with Crippen molar-refractivity contribution < 1.29 is 29.3 Å². The molecule has 3 N–H and O–H groups in total. The van der Waals surface area contributed by atoms with Crippen LogP contribution in [-0.2, 0) is 15.2 Å². The topological polar surface area (TPSA) is 119 Å². The lowest BCUT2D eigenvalue weighted by Gasteiger charge is -2.27. The smallest absolute Gasteiger partial charge is 0.264 e. The summed E-state index contributed by atoms with van der Waals surface area (Å²) in [5.74, 6) is -0.914. The standard InChI is InChI=1S/C28H33N3O6/c1-18(6-4-8-25(33)31-15-5-7-21(31)17-32)28(36)23-16-20(11-14-24(23)30(2)27(28)35)29-26(34)19-9-12-22(37-3)13-10-19/h4,6,9-14,16,18,21,32,36H,5,7-8,15,17H2,1-3H3,(H,29,34)/b6-4+/t18-,21-,28+/m0/s1. The van der Waals surface area contributed by atoms with Crippen LogP contribution in [0.5, 0.6) is 5.75 Å². The van der Waals surface area contributed by atoms with Gasteiger partial charge in [0.1, 0.15) is 5.75 Å². The number of likely N-dealkylation sites (N-methyl/N-ethyl adjacent to an activating group) is 1. The van der Waals surface area contributed by atoms with E-state index < -0.39 is 17.4 Å². The van der Waals surface area contributed by atoms with Crippen molar-refractivity contribution in [1.29, 1.82) is 0 Å². The molecule has 9 heteroatoms. The van der Waals surface area contributed by atoms with Crippen molar-refractivity contribution in [1.82, 2.24) is 4.90 Å². The first-order chi connectivity index (χ1) is 17.7. The number of benzene rings is 2. The highest BCUT2D eigenvalue weighted by Crippen LogP contribution is 2.45. The minimum Gasteiger partial charge on any atom is -0.497 e. The molecule has 0 aromatic heterocycles. The SMILES string of the molecule is COc1ccc(C(=O)Nc2ccc3c(c2)[C@](O)([C@@H](C)/C=C/CC(=O)N2CCC[C@H]2CO)C(=O)N3C)cc1. The Labute approximate surface area is 216 Å². The molecule has 0 radical (unpaired) electrons. The first-order valence-electron chi connectivity index (χ1n) is 12.4. The zero-order chi connectivity index (χ0) is 26.7. The van der Waals surface area contributed by atoms with Gasteiger partial charge in [-0.2, -0.15) is 0 Å². The van der Waals surface area contributed by atoms with Crippen molar-refractivity contribution in [2.75, 3.05) is 37.5 Å². The third-order valence-corrected chi connectivity index (χ3v) is 7.29. The molecule has 2 aromatic carbocycles. The molecule has 1 fully saturated rings. The van der Waals surface area contributed by atoms with Crippen molar-refractivity contribution in [3.05, 3.63) is 65.7 Å². The number of carbonyl (C=O) groups is 3. The van der Waals surface area contributed by atoms with E-state index in [0.717, 1.165) is 12.8 Å². The van der Waals surface area contributed by atoms with Gasteiger partial charge in [-0.1, -0.05) is 19.1 Å². The third kappa shape index (κ3) is 4.97. The van der Waals surface area contributed by atoms with Gasteiger partial charge >= 0.3 is 0 Å². The minimum atomic E-state index is -1.86. The maximum absolute atomic E-state index is 13.2. The molecule has 0 saturated carbocycles. The number of nitrogens with zero attached hydrogens (tertiary/aromatic N) is 2. The van der Waals surface area contributed by atoms with Crippen molar-refractivity contribution in [2.24, 2.45) is 5.92 Å². The summed E-state index contributed by atoms with van der Waals surface area (Å²) in [4.78, 5) is 41.6. The van der Waals surface area contributed by atoms with E-state index >= 15 is 0 Å². The van der Waals surface area contributed by atoms with Gasteiger partial charge < -0.3 is 30.1 Å². The van der Waals surface area contributed by atoms with Crippen LogP contribution < -0.4 is 15.0 Å². The van der Waals surface area contributed by atoms with Crippen LogP contribution in [0.2, 0.25) is 0 Å². The summed E-state index contributed by atoms with van der Waals surface area (Å²) in [5, 5.41) is 23.9. The molecule has 37 heavy (non-hydrogen) atoms. The predicted octanol–water partition coefficient (Wildman–Crippen LogP) is 2.68. The second-order valence-electron chi connectivity index (χ2n) is 9.53. The summed E-state index contributed by atoms with van der Waals surface area (Å²) in [6.45, 7) is 2.29. The number of aliphatic hydroxyl groups is 2. The van der Waals surface area contributed by atoms with Crippen LogP contribution in [0.3, 0.4) is 0 Å². The number of anilines is 2. The fourth-order valence-electron chi connectivity index (χ4n) is 5.06. The number of aliphatic hydroxyl groups excluding tert-OH is 1. The highest BCUT2D eigenvalue weighted by Gasteiger charge is 2.51. The van der Waals surface area contributed by atoms with Gasteiger partial charge in [-0.05, 0) is 55.3 Å². The first kappa shape index (κ1) is 26.4. The number of nitrogens with one attached hydrogen (secondary N) is 1. The molecule has 2 aliphatic rings. The zero-order valence-electron chi connectivity index (χ0n) is 21.3. The molecule has 196 valence electrons. The summed E-state index contributed by atoms with van der Waals surface area (Å²) in [5.41, 5.74) is -0.0418. The minimum absolute atomic E-state index is 0.0550. The van der Waals surface area contributed by atoms with E-state index in [1.54, 1.807) is 80.6 Å². The van der Waals surface area contributed by atoms with Crippen LogP contribution in [-0.4, -0.2) is 66.2 Å². The fraction of sp³-hybridized carbons (Fsp3) is 0.393. The molecule has 0 aliphatic carbocycles. The Bertz CT molecular complexity index is 1210. The number of amides is 3. The maximum atomic E-state index is 13.2. The van der Waals surface area contributed by atoms with Gasteiger partial charge in [-0.3, -0.25) is 14.4 Å². The first-order valence-corrected chi connectivity index (χ1v) is 12.4. The molecule has 9 nitrogen and oxygen atoms in total. The highest BCUT2D eigenvalue weighted by atomic mass is 16.5. The molecule has 1 saturated heterocycles. The van der Waals surface area contributed by atoms with E-state index in [1.165, 1.54) is 4.90 Å². The lowest BCUT2D eigenvalue weighted by molar-refractivity contribution is -0.139. The molecule has 2 aromatic rings. The van der Waals surface area contributed by atoms with Gasteiger partial charge in [0.25, 0.3) is 11.8 Å². The molecular weight excluding hydrogens is 474 g/mol. The summed E-state index contributed by atoms with van der Waals surface area (Å²) in [7, 11) is 3.14. The van der Waals surface area contributed by atoms with Crippen molar-refractivity contribution in [3.63, 3.8) is 0 Å². The maximum Gasteiger partial charge on any atom is 0.264 e. The van der Waals surface area contributed by atoms with Gasteiger partial charge in [0.15, 0.2) is 5.60 Å². The Morgan fingerprint density at radius 1 is 1.24 bits per heavy atom. The van der Waals surface area contributed by atoms with Crippen LogP contribution >= 0.6 is 0 Å². The number of rotatable bonds is 8. The van der Waals surface area contributed by atoms with Crippen LogP contribution in [0.4, 0.5) is 11.4 Å². The molecule has 0 bridgehead atoms. The van der Waals surface area contributed by atoms with Gasteiger partial charge in [0.05, 0.1) is 25.4 Å². The Morgan fingerprint density at radius 3 is 2.65 bits per heavy atom. The molecule has 4 rings (SSSR count). The zero-order valence-corrected chi connectivity index (χ0v) is 21.3. The number of fused-ring (bicyclic) bond motifs is 1. The van der Waals surface area contributed by atoms with Crippen LogP contribution in [0.15, 0.2) is 54.6 Å². The van der Waals surface area contributed by atoms with Gasteiger partial charge in [-0.25, -0.2) is 0 Å². The van der Waals surface area contributed by atoms with Crippen LogP contribution in [0.1, 0.15) is 42.1 Å².